The summed E-state index contributed by atoms with van der Waals surface area (Å²) >= 11 is 1.86. The van der Waals surface area contributed by atoms with Crippen molar-refractivity contribution < 1.29 is 0 Å². The zero-order valence-corrected chi connectivity index (χ0v) is 13.4. The third-order valence-electron chi connectivity index (χ3n) is 4.47. The second-order valence-corrected chi connectivity index (χ2v) is 7.42. The first-order chi connectivity index (χ1) is 10.7. The molecule has 1 saturated carbocycles. The van der Waals surface area contributed by atoms with E-state index in [-0.39, 0.29) is 5.41 Å². The van der Waals surface area contributed by atoms with Crippen LogP contribution in [0.2, 0.25) is 0 Å². The first-order valence-corrected chi connectivity index (χ1v) is 8.45. The highest BCUT2D eigenvalue weighted by atomic mass is 32.2. The van der Waals surface area contributed by atoms with E-state index in [0.29, 0.717) is 0 Å². The molecule has 2 aliphatic rings. The minimum atomic E-state index is 0.217. The molecule has 1 aliphatic carbocycles. The first-order valence-electron chi connectivity index (χ1n) is 7.67. The molecule has 2 aromatic rings. The maximum Gasteiger partial charge on any atom is 0.113 e. The summed E-state index contributed by atoms with van der Waals surface area (Å²) in [5.74, 6) is 7.51. The van der Waals surface area contributed by atoms with E-state index < -0.39 is 0 Å². The number of nitrogens with zero attached hydrogens (tertiary/aromatic N) is 2. The van der Waals surface area contributed by atoms with Crippen molar-refractivity contribution in [2.45, 2.75) is 18.2 Å². The molecule has 2 fully saturated rings. The van der Waals surface area contributed by atoms with Crippen LogP contribution >= 0.6 is 11.9 Å². The lowest BCUT2D eigenvalue weighted by Crippen LogP contribution is -2.17. The molecular weight excluding hydrogens is 288 g/mol. The fourth-order valence-electron chi connectivity index (χ4n) is 3.07. The van der Waals surface area contributed by atoms with E-state index in [1.165, 1.54) is 16.9 Å². The Balaban J connectivity index is 1.43. The van der Waals surface area contributed by atoms with Crippen LogP contribution in [0, 0.1) is 30.1 Å². The van der Waals surface area contributed by atoms with Crippen LogP contribution in [0.5, 0.6) is 0 Å². The highest BCUT2D eigenvalue weighted by molar-refractivity contribution is 7.97. The Hall–Kier alpha value is -1.76. The number of hydrogen-bond acceptors (Lipinski definition) is 3. The molecule has 110 valence electrons. The van der Waals surface area contributed by atoms with E-state index in [4.69, 9.17) is 0 Å². The molecule has 0 N–H and O–H groups in total. The Morgan fingerprint density at radius 1 is 1.23 bits per heavy atom. The zero-order valence-electron chi connectivity index (χ0n) is 12.6. The standard InChI is InChI=1S/C19H18N2S/c1-15-5-7-18(8-6-15)22-21-13-16-12-19(16,14-21)10-9-17-4-2-3-11-20-17/h2-8,11,16H,12-14H2,1H3. The second-order valence-electron chi connectivity index (χ2n) is 6.25. The van der Waals surface area contributed by atoms with Gasteiger partial charge in [-0.05, 0) is 61.4 Å². The number of hydrogen-bond donors (Lipinski definition) is 0. The van der Waals surface area contributed by atoms with Crippen LogP contribution < -0.4 is 0 Å². The van der Waals surface area contributed by atoms with Gasteiger partial charge in [0.1, 0.15) is 5.69 Å². The molecule has 3 heteroatoms. The molecule has 2 heterocycles. The zero-order chi connectivity index (χ0) is 15.0. The van der Waals surface area contributed by atoms with Gasteiger partial charge in [-0.2, -0.15) is 0 Å². The average Bonchev–Trinajstić information content (AvgIpc) is 3.10. The van der Waals surface area contributed by atoms with Gasteiger partial charge in [0.25, 0.3) is 0 Å². The quantitative estimate of drug-likeness (QED) is 0.620. The Morgan fingerprint density at radius 3 is 2.86 bits per heavy atom. The fourth-order valence-corrected chi connectivity index (χ4v) is 4.18. The van der Waals surface area contributed by atoms with E-state index in [9.17, 15) is 0 Å². The molecule has 1 aliphatic heterocycles. The first kappa shape index (κ1) is 13.9. The van der Waals surface area contributed by atoms with Gasteiger partial charge < -0.3 is 0 Å². The number of pyridine rings is 1. The van der Waals surface area contributed by atoms with Crippen molar-refractivity contribution in [2.24, 2.45) is 11.3 Å². The van der Waals surface area contributed by atoms with Gasteiger partial charge in [0.05, 0.1) is 0 Å². The van der Waals surface area contributed by atoms with Crippen molar-refractivity contribution in [3.8, 4) is 11.8 Å². The lowest BCUT2D eigenvalue weighted by atomic mass is 10.1. The molecule has 1 saturated heterocycles. The molecule has 0 bridgehead atoms. The van der Waals surface area contributed by atoms with Crippen LogP contribution in [0.4, 0.5) is 0 Å². The summed E-state index contributed by atoms with van der Waals surface area (Å²) in [5.41, 5.74) is 2.41. The summed E-state index contributed by atoms with van der Waals surface area (Å²) in [6.45, 7) is 4.34. The van der Waals surface area contributed by atoms with Gasteiger partial charge in [0, 0.05) is 29.6 Å². The molecule has 0 spiro atoms. The molecule has 2 unspecified atom stereocenters. The van der Waals surface area contributed by atoms with Crippen LogP contribution in [-0.4, -0.2) is 22.4 Å². The molecule has 1 aromatic heterocycles. The predicted octanol–water partition coefficient (Wildman–Crippen LogP) is 3.77. The van der Waals surface area contributed by atoms with Crippen LogP contribution in [-0.2, 0) is 0 Å². The Morgan fingerprint density at radius 2 is 2.09 bits per heavy atom. The van der Waals surface area contributed by atoms with Gasteiger partial charge in [-0.3, -0.25) is 0 Å². The lowest BCUT2D eigenvalue weighted by molar-refractivity contribution is 0.495. The highest BCUT2D eigenvalue weighted by Gasteiger charge is 2.59. The topological polar surface area (TPSA) is 16.1 Å². The number of benzene rings is 1. The minimum absolute atomic E-state index is 0.217. The van der Waals surface area contributed by atoms with Crippen molar-refractivity contribution in [2.75, 3.05) is 13.1 Å². The van der Waals surface area contributed by atoms with Crippen LogP contribution in [0.15, 0.2) is 53.6 Å². The highest BCUT2D eigenvalue weighted by Crippen LogP contribution is 2.59. The normalized spacial score (nSPS) is 26.1. The number of rotatable bonds is 2. The summed E-state index contributed by atoms with van der Waals surface area (Å²) in [5, 5.41) is 0. The number of piperidine rings is 1. The van der Waals surface area contributed by atoms with E-state index in [2.05, 4.69) is 52.3 Å². The van der Waals surface area contributed by atoms with Crippen molar-refractivity contribution in [1.29, 1.82) is 0 Å². The molecule has 4 rings (SSSR count). The van der Waals surface area contributed by atoms with Crippen molar-refractivity contribution in [3.05, 3.63) is 59.9 Å². The van der Waals surface area contributed by atoms with E-state index in [1.807, 2.05) is 30.1 Å². The molecule has 22 heavy (non-hydrogen) atoms. The molecule has 1 aromatic carbocycles. The predicted molar refractivity (Wildman–Crippen MR) is 90.3 cm³/mol. The second kappa shape index (κ2) is 5.46. The number of aromatic nitrogens is 1. The van der Waals surface area contributed by atoms with Gasteiger partial charge in [-0.1, -0.05) is 29.7 Å². The van der Waals surface area contributed by atoms with Crippen LogP contribution in [0.1, 0.15) is 17.7 Å². The number of fused-ring (bicyclic) bond motifs is 1. The summed E-state index contributed by atoms with van der Waals surface area (Å²) in [4.78, 5) is 5.61. The largest absolute Gasteiger partial charge is 0.248 e. The average molecular weight is 306 g/mol. The van der Waals surface area contributed by atoms with Crippen LogP contribution in [0.3, 0.4) is 0 Å². The Labute approximate surface area is 136 Å². The smallest absolute Gasteiger partial charge is 0.113 e. The molecular formula is C19H18N2S. The maximum absolute atomic E-state index is 4.29. The van der Waals surface area contributed by atoms with Crippen LogP contribution in [0.25, 0.3) is 0 Å². The Kier molecular flexibility index (Phi) is 3.44. The third-order valence-corrected chi connectivity index (χ3v) is 5.49. The summed E-state index contributed by atoms with van der Waals surface area (Å²) in [6.07, 6.45) is 3.05. The molecule has 2 nitrogen and oxygen atoms in total. The van der Waals surface area contributed by atoms with Crippen molar-refractivity contribution >= 4 is 11.9 Å². The van der Waals surface area contributed by atoms with Gasteiger partial charge in [0.2, 0.25) is 0 Å². The van der Waals surface area contributed by atoms with E-state index in [1.54, 1.807) is 6.20 Å². The number of aryl methyl sites for hydroxylation is 1. The SMILES string of the molecule is Cc1ccc(SN2CC3CC3(C#Cc3ccccn3)C2)cc1. The van der Waals surface area contributed by atoms with Gasteiger partial charge in [-0.15, -0.1) is 0 Å². The van der Waals surface area contributed by atoms with Crippen molar-refractivity contribution in [1.82, 2.24) is 9.29 Å². The minimum Gasteiger partial charge on any atom is -0.248 e. The van der Waals surface area contributed by atoms with Gasteiger partial charge in [0.15, 0.2) is 0 Å². The molecule has 0 amide bonds. The summed E-state index contributed by atoms with van der Waals surface area (Å²) in [6, 6.07) is 14.7. The lowest BCUT2D eigenvalue weighted by Gasteiger charge is -2.17. The van der Waals surface area contributed by atoms with Gasteiger partial charge >= 0.3 is 0 Å². The third kappa shape index (κ3) is 2.77. The van der Waals surface area contributed by atoms with E-state index >= 15 is 0 Å². The summed E-state index contributed by atoms with van der Waals surface area (Å²) in [7, 11) is 0. The summed E-state index contributed by atoms with van der Waals surface area (Å²) < 4.78 is 2.46. The van der Waals surface area contributed by atoms with Gasteiger partial charge in [-0.25, -0.2) is 9.29 Å². The molecule has 2 atom stereocenters. The molecule has 0 radical (unpaired) electrons. The fraction of sp³-hybridized carbons (Fsp3) is 0.316. The van der Waals surface area contributed by atoms with E-state index in [0.717, 1.165) is 24.7 Å². The van der Waals surface area contributed by atoms with Crippen molar-refractivity contribution in [3.63, 3.8) is 0 Å². The maximum atomic E-state index is 4.29. The monoisotopic (exact) mass is 306 g/mol. The Bertz CT molecular complexity index is 730.